The third-order valence-electron chi connectivity index (χ3n) is 5.94. The fourth-order valence-electron chi connectivity index (χ4n) is 4.05. The first-order valence-electron chi connectivity index (χ1n) is 12.7. The molecule has 8 nitrogen and oxygen atoms in total. The van der Waals surface area contributed by atoms with E-state index in [-0.39, 0.29) is 24.2 Å². The number of hydrogen-bond donors (Lipinski definition) is 1. The van der Waals surface area contributed by atoms with Gasteiger partial charge in [0.15, 0.2) is 0 Å². The van der Waals surface area contributed by atoms with Crippen molar-refractivity contribution in [3.05, 3.63) is 88.4 Å². The van der Waals surface area contributed by atoms with Crippen LogP contribution in [0.15, 0.2) is 72.8 Å². The highest BCUT2D eigenvalue weighted by molar-refractivity contribution is 7.92. The van der Waals surface area contributed by atoms with Gasteiger partial charge in [0.2, 0.25) is 21.8 Å². The van der Waals surface area contributed by atoms with E-state index in [2.05, 4.69) is 5.32 Å². The van der Waals surface area contributed by atoms with Crippen LogP contribution >= 0.6 is 23.2 Å². The molecule has 3 rings (SSSR count). The summed E-state index contributed by atoms with van der Waals surface area (Å²) in [6.07, 6.45) is 1.34. The van der Waals surface area contributed by atoms with E-state index in [1.807, 2.05) is 32.0 Å². The van der Waals surface area contributed by atoms with E-state index in [4.69, 9.17) is 27.9 Å². The molecule has 1 atom stereocenters. The zero-order valence-corrected chi connectivity index (χ0v) is 25.1. The lowest BCUT2D eigenvalue weighted by atomic mass is 10.1. The molecule has 0 radical (unpaired) electrons. The molecule has 1 N–H and O–H groups in total. The predicted octanol–water partition coefficient (Wildman–Crippen LogP) is 5.88. The maximum atomic E-state index is 13.8. The molecule has 0 bridgehead atoms. The number of rotatable bonds is 12. The van der Waals surface area contributed by atoms with Gasteiger partial charge in [0, 0.05) is 12.6 Å². The van der Waals surface area contributed by atoms with Crippen LogP contribution in [0.4, 0.5) is 5.69 Å². The second-order valence-electron chi connectivity index (χ2n) is 9.54. The second kappa shape index (κ2) is 13.9. The number of anilines is 1. The largest absolute Gasteiger partial charge is 0.457 e. The first-order valence-corrected chi connectivity index (χ1v) is 15.3. The van der Waals surface area contributed by atoms with Gasteiger partial charge < -0.3 is 15.0 Å². The number of carbonyl (C=O) groups excluding carboxylic acids is 2. The quantitative estimate of drug-likeness (QED) is 0.278. The van der Waals surface area contributed by atoms with Crippen LogP contribution in [0.3, 0.4) is 0 Å². The third-order valence-corrected chi connectivity index (χ3v) is 7.82. The van der Waals surface area contributed by atoms with Crippen LogP contribution in [0.5, 0.6) is 11.5 Å². The SMILES string of the molecule is CC[C@H](C(=O)NC(C)C)N(Cc1ccc(Cl)c(Cl)c1)C(=O)CN(c1ccc(Oc2ccccc2)cc1)S(C)(=O)=O. The molecule has 0 aromatic heterocycles. The van der Waals surface area contributed by atoms with Crippen molar-refractivity contribution in [2.24, 2.45) is 0 Å². The molecule has 0 spiro atoms. The van der Waals surface area contributed by atoms with Gasteiger partial charge in [-0.1, -0.05) is 54.4 Å². The number of ether oxygens (including phenoxy) is 1. The van der Waals surface area contributed by atoms with Gasteiger partial charge in [0.25, 0.3) is 0 Å². The van der Waals surface area contributed by atoms with Crippen molar-refractivity contribution in [3.8, 4) is 11.5 Å². The molecule has 3 aromatic carbocycles. The normalized spacial score (nSPS) is 12.1. The third kappa shape index (κ3) is 8.61. The van der Waals surface area contributed by atoms with Crippen molar-refractivity contribution in [2.75, 3.05) is 17.1 Å². The van der Waals surface area contributed by atoms with Gasteiger partial charge in [0.05, 0.1) is 22.0 Å². The average molecular weight is 607 g/mol. The molecule has 0 aliphatic heterocycles. The Labute approximate surface area is 245 Å². The second-order valence-corrected chi connectivity index (χ2v) is 12.3. The summed E-state index contributed by atoms with van der Waals surface area (Å²) in [5.41, 5.74) is 0.928. The maximum Gasteiger partial charge on any atom is 0.244 e. The fraction of sp³-hybridized carbons (Fsp3) is 0.310. The number of benzene rings is 3. The molecule has 3 aromatic rings. The van der Waals surface area contributed by atoms with Gasteiger partial charge in [-0.2, -0.15) is 0 Å². The van der Waals surface area contributed by atoms with Gasteiger partial charge in [0.1, 0.15) is 24.1 Å². The maximum absolute atomic E-state index is 13.8. The van der Waals surface area contributed by atoms with Crippen LogP contribution in [-0.4, -0.2) is 50.0 Å². The van der Waals surface area contributed by atoms with Gasteiger partial charge in [-0.05, 0) is 74.4 Å². The van der Waals surface area contributed by atoms with Crippen LogP contribution in [0.1, 0.15) is 32.8 Å². The molecular formula is C29H33Cl2N3O5S. The van der Waals surface area contributed by atoms with Crippen molar-refractivity contribution in [3.63, 3.8) is 0 Å². The minimum atomic E-state index is -3.87. The summed E-state index contributed by atoms with van der Waals surface area (Å²) in [5.74, 6) is 0.257. The van der Waals surface area contributed by atoms with Crippen LogP contribution < -0.4 is 14.4 Å². The van der Waals surface area contributed by atoms with E-state index < -0.39 is 28.5 Å². The van der Waals surface area contributed by atoms with Crippen molar-refractivity contribution < 1.29 is 22.7 Å². The van der Waals surface area contributed by atoms with Crippen molar-refractivity contribution in [1.82, 2.24) is 10.2 Å². The Morgan fingerprint density at radius 3 is 2.10 bits per heavy atom. The molecule has 0 unspecified atom stereocenters. The van der Waals surface area contributed by atoms with E-state index in [1.165, 1.54) is 4.90 Å². The first-order chi connectivity index (χ1) is 18.9. The molecule has 214 valence electrons. The van der Waals surface area contributed by atoms with E-state index in [1.54, 1.807) is 61.5 Å². The number of halogens is 2. The minimum absolute atomic E-state index is 0.0290. The lowest BCUT2D eigenvalue weighted by molar-refractivity contribution is -0.140. The summed E-state index contributed by atoms with van der Waals surface area (Å²) in [4.78, 5) is 28.2. The van der Waals surface area contributed by atoms with Crippen LogP contribution in [-0.2, 0) is 26.2 Å². The molecule has 0 saturated heterocycles. The lowest BCUT2D eigenvalue weighted by Gasteiger charge is -2.33. The smallest absolute Gasteiger partial charge is 0.244 e. The molecular weight excluding hydrogens is 573 g/mol. The van der Waals surface area contributed by atoms with E-state index in [0.717, 1.165) is 10.6 Å². The molecule has 0 aliphatic carbocycles. The molecule has 40 heavy (non-hydrogen) atoms. The average Bonchev–Trinajstić information content (AvgIpc) is 2.89. The Hall–Kier alpha value is -3.27. The summed E-state index contributed by atoms with van der Waals surface area (Å²) in [5, 5.41) is 3.52. The minimum Gasteiger partial charge on any atom is -0.457 e. The number of amides is 2. The first kappa shape index (κ1) is 31.3. The molecule has 0 fully saturated rings. The van der Waals surface area contributed by atoms with Crippen molar-refractivity contribution >= 4 is 50.7 Å². The summed E-state index contributed by atoms with van der Waals surface area (Å²) in [6.45, 7) is 4.96. The highest BCUT2D eigenvalue weighted by Gasteiger charge is 2.32. The monoisotopic (exact) mass is 605 g/mol. The van der Waals surface area contributed by atoms with Crippen LogP contribution in [0.25, 0.3) is 0 Å². The van der Waals surface area contributed by atoms with Gasteiger partial charge in [-0.15, -0.1) is 0 Å². The fourth-order valence-corrected chi connectivity index (χ4v) is 5.22. The van der Waals surface area contributed by atoms with Crippen molar-refractivity contribution in [1.29, 1.82) is 0 Å². The van der Waals surface area contributed by atoms with Gasteiger partial charge >= 0.3 is 0 Å². The van der Waals surface area contributed by atoms with E-state index in [9.17, 15) is 18.0 Å². The van der Waals surface area contributed by atoms with E-state index >= 15 is 0 Å². The molecule has 2 amide bonds. The van der Waals surface area contributed by atoms with Gasteiger partial charge in [-0.25, -0.2) is 8.42 Å². The zero-order valence-electron chi connectivity index (χ0n) is 22.8. The molecule has 0 heterocycles. The summed E-state index contributed by atoms with van der Waals surface area (Å²) in [6, 6.07) is 19.5. The number of nitrogens with one attached hydrogen (secondary N) is 1. The van der Waals surface area contributed by atoms with Gasteiger partial charge in [-0.3, -0.25) is 13.9 Å². The van der Waals surface area contributed by atoms with Crippen LogP contribution in [0.2, 0.25) is 10.0 Å². The Morgan fingerprint density at radius 2 is 1.55 bits per heavy atom. The molecule has 11 heteroatoms. The highest BCUT2D eigenvalue weighted by atomic mass is 35.5. The number of sulfonamides is 1. The Kier molecular flexibility index (Phi) is 10.8. The number of hydrogen-bond acceptors (Lipinski definition) is 5. The zero-order chi connectivity index (χ0) is 29.4. The highest BCUT2D eigenvalue weighted by Crippen LogP contribution is 2.27. The lowest BCUT2D eigenvalue weighted by Crippen LogP contribution is -2.53. The summed E-state index contributed by atoms with van der Waals surface area (Å²) >= 11 is 12.3. The molecule has 0 saturated carbocycles. The topological polar surface area (TPSA) is 96.0 Å². The number of nitrogens with zero attached hydrogens (tertiary/aromatic N) is 2. The number of para-hydroxylation sites is 1. The summed E-state index contributed by atoms with van der Waals surface area (Å²) < 4.78 is 32.5. The standard InChI is InChI=1S/C29H33Cl2N3O5S/c1-5-27(29(36)32-20(2)3)33(18-21-11-16-25(30)26(31)17-21)28(35)19-34(40(4,37)38)22-12-14-24(15-13-22)39-23-9-7-6-8-10-23/h6-17,20,27H,5,18-19H2,1-4H3,(H,32,36)/t27-/m1/s1. The number of carbonyl (C=O) groups is 2. The van der Waals surface area contributed by atoms with E-state index in [0.29, 0.717) is 33.5 Å². The predicted molar refractivity (Wildman–Crippen MR) is 160 cm³/mol. The van der Waals surface area contributed by atoms with Crippen molar-refractivity contribution in [2.45, 2.75) is 45.8 Å². The van der Waals surface area contributed by atoms with Crippen LogP contribution in [0, 0.1) is 0 Å². The Balaban J connectivity index is 1.91. The summed E-state index contributed by atoms with van der Waals surface area (Å²) in [7, 11) is -3.87. The Bertz CT molecular complexity index is 1420. The molecule has 0 aliphatic rings. The Morgan fingerprint density at radius 1 is 0.925 bits per heavy atom.